The Morgan fingerprint density at radius 2 is 1.09 bits per heavy atom. The van der Waals surface area contributed by atoms with Crippen LogP contribution in [0.3, 0.4) is 0 Å². The Balaban J connectivity index is -0.000000249. The Kier molecular flexibility index (Phi) is 23.0. The number of carbonyl (C=O) groups is 3. The number of carboxylic acids is 3. The average molecular weight is 368 g/mol. The molecule has 1 aromatic rings. The van der Waals surface area contributed by atoms with Gasteiger partial charge < -0.3 is 25.5 Å². The van der Waals surface area contributed by atoms with Crippen LogP contribution >= 0.6 is 25.3 Å². The number of benzene rings is 1. The van der Waals surface area contributed by atoms with E-state index in [1.165, 1.54) is 0 Å². The highest BCUT2D eigenvalue weighted by atomic mass is 32.1. The van der Waals surface area contributed by atoms with E-state index in [9.17, 15) is 14.4 Å². The van der Waals surface area contributed by atoms with E-state index in [0.29, 0.717) is 5.56 Å². The van der Waals surface area contributed by atoms with Gasteiger partial charge in [-0.2, -0.15) is 25.3 Å². The Morgan fingerprint density at radius 1 is 0.783 bits per heavy atom. The molecule has 0 aliphatic rings. The summed E-state index contributed by atoms with van der Waals surface area (Å²) in [4.78, 5) is 28.8. The van der Waals surface area contributed by atoms with Crippen LogP contribution in [0.1, 0.15) is 10.4 Å². The molecule has 132 valence electrons. The molecule has 0 heterocycles. The summed E-state index contributed by atoms with van der Waals surface area (Å²) in [5.41, 5.74) is 0.331. The third kappa shape index (κ3) is 29.0. The fourth-order valence-corrected chi connectivity index (χ4v) is 0.581. The summed E-state index contributed by atoms with van der Waals surface area (Å²) in [6.07, 6.45) is 0. The predicted molar refractivity (Wildman–Crippen MR) is 90.6 cm³/mol. The first-order valence-electron chi connectivity index (χ1n) is 5.92. The molecule has 0 fully saturated rings. The van der Waals surface area contributed by atoms with E-state index in [1.54, 1.807) is 30.3 Å². The van der Waals surface area contributed by atoms with Crippen LogP contribution in [0, 0.1) is 0 Å². The van der Waals surface area contributed by atoms with Crippen molar-refractivity contribution in [3.05, 3.63) is 35.9 Å². The molecule has 0 aromatic heterocycles. The maximum absolute atomic E-state index is 10.2. The lowest BCUT2D eigenvalue weighted by Gasteiger charge is -1.88. The topological polar surface area (TPSA) is 152 Å². The van der Waals surface area contributed by atoms with Gasteiger partial charge in [-0.05, 0) is 12.1 Å². The zero-order valence-corrected chi connectivity index (χ0v) is 13.9. The van der Waals surface area contributed by atoms with Crippen molar-refractivity contribution in [1.82, 2.24) is 0 Å². The van der Waals surface area contributed by atoms with Gasteiger partial charge in [-0.1, -0.05) is 18.2 Å². The molecule has 0 spiro atoms. The van der Waals surface area contributed by atoms with E-state index in [2.05, 4.69) is 25.3 Å². The molecule has 0 aliphatic carbocycles. The molecule has 0 atom stereocenters. The molecule has 8 nitrogen and oxygen atoms in total. The van der Waals surface area contributed by atoms with Crippen molar-refractivity contribution >= 4 is 43.2 Å². The maximum atomic E-state index is 10.2. The van der Waals surface area contributed by atoms with Gasteiger partial charge in [-0.25, -0.2) is 4.79 Å². The summed E-state index contributed by atoms with van der Waals surface area (Å²) in [5, 5.41) is 38.9. The molecule has 0 bridgehead atoms. The van der Waals surface area contributed by atoms with E-state index in [4.69, 9.17) is 25.5 Å². The Hall–Kier alpha value is -1.75. The lowest BCUT2D eigenvalue weighted by molar-refractivity contribution is -0.134. The van der Waals surface area contributed by atoms with E-state index >= 15 is 0 Å². The molecule has 23 heavy (non-hydrogen) atoms. The van der Waals surface area contributed by atoms with Gasteiger partial charge in [0.2, 0.25) is 0 Å². The fraction of sp³-hybridized carbons (Fsp3) is 0.308. The lowest BCUT2D eigenvalue weighted by atomic mass is 10.2. The molecule has 10 heteroatoms. The third-order valence-electron chi connectivity index (χ3n) is 1.39. The number of hydrogen-bond acceptors (Lipinski definition) is 7. The van der Waals surface area contributed by atoms with Gasteiger partial charge in [-0.15, -0.1) is 0 Å². The summed E-state index contributed by atoms with van der Waals surface area (Å²) in [6.45, 7) is -0.250. The number of hydrogen-bond donors (Lipinski definition) is 7. The summed E-state index contributed by atoms with van der Waals surface area (Å²) >= 11 is 6.83. The lowest BCUT2D eigenvalue weighted by Crippen LogP contribution is -1.93. The van der Waals surface area contributed by atoms with Gasteiger partial charge in [-0.3, -0.25) is 9.59 Å². The SMILES string of the molecule is O=C(O)CS.O=C(O)CS.O=C(O)c1ccccc1.OCCO. The minimum Gasteiger partial charge on any atom is -0.481 e. The van der Waals surface area contributed by atoms with Crippen molar-refractivity contribution < 1.29 is 39.9 Å². The van der Waals surface area contributed by atoms with Gasteiger partial charge in [0.1, 0.15) is 0 Å². The Labute approximate surface area is 144 Å². The number of rotatable bonds is 4. The molecule has 0 amide bonds. The van der Waals surface area contributed by atoms with Gasteiger partial charge in [0, 0.05) is 0 Å². The monoisotopic (exact) mass is 368 g/mol. The van der Waals surface area contributed by atoms with Gasteiger partial charge in [0.25, 0.3) is 0 Å². The normalized spacial score (nSPS) is 8.00. The average Bonchev–Trinajstić information content (AvgIpc) is 2.56. The molecule has 0 radical (unpaired) electrons. The van der Waals surface area contributed by atoms with Crippen LogP contribution in [-0.2, 0) is 9.59 Å². The van der Waals surface area contributed by atoms with Crippen LogP contribution in [0.5, 0.6) is 0 Å². The van der Waals surface area contributed by atoms with Crippen LogP contribution in [0.2, 0.25) is 0 Å². The van der Waals surface area contributed by atoms with Crippen LogP contribution < -0.4 is 0 Å². The predicted octanol–water partition coefficient (Wildman–Crippen LogP) is 0.357. The van der Waals surface area contributed by atoms with Gasteiger partial charge >= 0.3 is 17.9 Å². The zero-order valence-electron chi connectivity index (χ0n) is 12.1. The fourth-order valence-electron chi connectivity index (χ4n) is 0.581. The van der Waals surface area contributed by atoms with E-state index in [0.717, 1.165) is 0 Å². The first-order valence-corrected chi connectivity index (χ1v) is 7.18. The molecule has 1 aromatic carbocycles. The standard InChI is InChI=1S/C7H6O2.2C2H4O2S.C2H6O2/c8-7(9)6-4-2-1-3-5-6;2*3-2(4)1-5;3-1-2-4/h1-5H,(H,8,9);2*5H,1H2,(H,3,4);3-4H,1-2H2. The molecule has 5 N–H and O–H groups in total. The van der Waals surface area contributed by atoms with Crippen molar-refractivity contribution in [3.63, 3.8) is 0 Å². The van der Waals surface area contributed by atoms with Gasteiger partial charge in [0.15, 0.2) is 0 Å². The highest BCUT2D eigenvalue weighted by molar-refractivity contribution is 7.81. The highest BCUT2D eigenvalue weighted by Crippen LogP contribution is 1.96. The number of carboxylic acid groups (broad SMARTS) is 3. The molecule has 0 saturated carbocycles. The second kappa shape index (κ2) is 20.2. The number of aromatic carboxylic acids is 1. The van der Waals surface area contributed by atoms with Crippen molar-refractivity contribution in [2.24, 2.45) is 0 Å². The summed E-state index contributed by atoms with van der Waals surface area (Å²) in [6, 6.07) is 8.30. The number of thiol groups is 2. The third-order valence-corrected chi connectivity index (χ3v) is 1.93. The van der Waals surface area contributed by atoms with Crippen LogP contribution in [0.25, 0.3) is 0 Å². The van der Waals surface area contributed by atoms with Crippen LogP contribution in [0.15, 0.2) is 30.3 Å². The first-order chi connectivity index (χ1) is 10.8. The summed E-state index contributed by atoms with van der Waals surface area (Å²) < 4.78 is 0. The van der Waals surface area contributed by atoms with Crippen molar-refractivity contribution in [2.45, 2.75) is 0 Å². The Morgan fingerprint density at radius 3 is 1.22 bits per heavy atom. The smallest absolute Gasteiger partial charge is 0.335 e. The molecular formula is C13H20O8S2. The van der Waals surface area contributed by atoms with E-state index in [-0.39, 0.29) is 24.7 Å². The van der Waals surface area contributed by atoms with Crippen molar-refractivity contribution in [2.75, 3.05) is 24.7 Å². The zero-order chi connectivity index (χ0) is 18.7. The minimum absolute atomic E-state index is 0.0833. The highest BCUT2D eigenvalue weighted by Gasteiger charge is 1.96. The first kappa shape index (κ1) is 26.2. The van der Waals surface area contributed by atoms with E-state index < -0.39 is 17.9 Å². The van der Waals surface area contributed by atoms with Crippen molar-refractivity contribution in [3.8, 4) is 0 Å². The second-order valence-electron chi connectivity index (χ2n) is 3.22. The quantitative estimate of drug-likeness (QED) is 0.376. The molecule has 0 aliphatic heterocycles. The maximum Gasteiger partial charge on any atom is 0.335 e. The van der Waals surface area contributed by atoms with Crippen LogP contribution in [-0.4, -0.2) is 68.2 Å². The number of aliphatic hydroxyl groups excluding tert-OH is 2. The summed E-state index contributed by atoms with van der Waals surface area (Å²) in [5.74, 6) is -2.81. The largest absolute Gasteiger partial charge is 0.481 e. The second-order valence-corrected chi connectivity index (χ2v) is 3.85. The number of aliphatic carboxylic acids is 2. The van der Waals surface area contributed by atoms with Crippen molar-refractivity contribution in [1.29, 1.82) is 0 Å². The van der Waals surface area contributed by atoms with Crippen LogP contribution in [0.4, 0.5) is 0 Å². The Bertz CT molecular complexity index is 409. The molecule has 0 unspecified atom stereocenters. The molecule has 1 rings (SSSR count). The molecule has 0 saturated heterocycles. The number of aliphatic hydroxyl groups is 2. The molecular weight excluding hydrogens is 348 g/mol. The van der Waals surface area contributed by atoms with E-state index in [1.807, 2.05) is 0 Å². The summed E-state index contributed by atoms with van der Waals surface area (Å²) in [7, 11) is 0. The van der Waals surface area contributed by atoms with Gasteiger partial charge in [0.05, 0.1) is 30.3 Å². The minimum atomic E-state index is -0.881.